The molecule has 0 radical (unpaired) electrons. The van der Waals surface area contributed by atoms with Gasteiger partial charge in [-0.15, -0.1) is 0 Å². The zero-order valence-corrected chi connectivity index (χ0v) is 8.63. The molecule has 0 heterocycles. The molecule has 0 saturated heterocycles. The molecular weight excluding hydrogens is 166 g/mol. The second-order valence-corrected chi connectivity index (χ2v) is 3.35. The molecule has 0 fully saturated rings. The SMILES string of the molecule is CCC(CCO)NC(=O)C=C(C)C. The summed E-state index contributed by atoms with van der Waals surface area (Å²) in [5, 5.41) is 11.5. The third-order valence-electron chi connectivity index (χ3n) is 1.74. The molecular formula is C10H19NO2. The Morgan fingerprint density at radius 1 is 1.54 bits per heavy atom. The van der Waals surface area contributed by atoms with Gasteiger partial charge < -0.3 is 10.4 Å². The van der Waals surface area contributed by atoms with Crippen molar-refractivity contribution in [3.05, 3.63) is 11.6 Å². The van der Waals surface area contributed by atoms with Crippen molar-refractivity contribution < 1.29 is 9.90 Å². The van der Waals surface area contributed by atoms with E-state index in [1.807, 2.05) is 20.8 Å². The van der Waals surface area contributed by atoms with Crippen LogP contribution >= 0.6 is 0 Å². The predicted octanol–water partition coefficient (Wildman–Crippen LogP) is 1.23. The van der Waals surface area contributed by atoms with Crippen LogP contribution < -0.4 is 5.32 Å². The number of nitrogens with one attached hydrogen (secondary N) is 1. The normalized spacial score (nSPS) is 12.0. The zero-order chi connectivity index (χ0) is 10.3. The Kier molecular flexibility index (Phi) is 6.24. The molecule has 0 bridgehead atoms. The Hall–Kier alpha value is -0.830. The minimum Gasteiger partial charge on any atom is -0.396 e. The van der Waals surface area contributed by atoms with Crippen molar-refractivity contribution >= 4 is 5.91 Å². The van der Waals surface area contributed by atoms with E-state index in [0.717, 1.165) is 12.0 Å². The number of hydrogen-bond donors (Lipinski definition) is 2. The Morgan fingerprint density at radius 3 is 2.54 bits per heavy atom. The highest BCUT2D eigenvalue weighted by atomic mass is 16.3. The van der Waals surface area contributed by atoms with E-state index in [4.69, 9.17) is 5.11 Å². The van der Waals surface area contributed by atoms with Crippen LogP contribution in [0.4, 0.5) is 0 Å². The topological polar surface area (TPSA) is 49.3 Å². The van der Waals surface area contributed by atoms with Crippen molar-refractivity contribution in [2.45, 2.75) is 39.7 Å². The van der Waals surface area contributed by atoms with Gasteiger partial charge in [0.25, 0.3) is 0 Å². The third kappa shape index (κ3) is 6.34. The number of aliphatic hydroxyl groups excluding tert-OH is 1. The van der Waals surface area contributed by atoms with Crippen molar-refractivity contribution in [1.29, 1.82) is 0 Å². The van der Waals surface area contributed by atoms with Gasteiger partial charge in [0.15, 0.2) is 0 Å². The van der Waals surface area contributed by atoms with Crippen LogP contribution in [0.2, 0.25) is 0 Å². The summed E-state index contributed by atoms with van der Waals surface area (Å²) >= 11 is 0. The second-order valence-electron chi connectivity index (χ2n) is 3.35. The van der Waals surface area contributed by atoms with Crippen molar-refractivity contribution in [3.8, 4) is 0 Å². The first-order valence-corrected chi connectivity index (χ1v) is 4.66. The highest BCUT2D eigenvalue weighted by molar-refractivity contribution is 5.88. The lowest BCUT2D eigenvalue weighted by Crippen LogP contribution is -2.33. The van der Waals surface area contributed by atoms with Crippen LogP contribution in [0.25, 0.3) is 0 Å². The fraction of sp³-hybridized carbons (Fsp3) is 0.700. The van der Waals surface area contributed by atoms with Crippen LogP contribution in [0.1, 0.15) is 33.6 Å². The monoisotopic (exact) mass is 185 g/mol. The molecule has 76 valence electrons. The molecule has 13 heavy (non-hydrogen) atoms. The van der Waals surface area contributed by atoms with Gasteiger partial charge in [-0.3, -0.25) is 4.79 Å². The number of hydrogen-bond acceptors (Lipinski definition) is 2. The molecule has 0 aliphatic carbocycles. The summed E-state index contributed by atoms with van der Waals surface area (Å²) in [6, 6.07) is 0.0908. The highest BCUT2D eigenvalue weighted by Crippen LogP contribution is 1.97. The lowest BCUT2D eigenvalue weighted by molar-refractivity contribution is -0.117. The summed E-state index contributed by atoms with van der Waals surface area (Å²) < 4.78 is 0. The average molecular weight is 185 g/mol. The summed E-state index contributed by atoms with van der Waals surface area (Å²) in [5.74, 6) is -0.0692. The lowest BCUT2D eigenvalue weighted by atomic mass is 10.1. The fourth-order valence-corrected chi connectivity index (χ4v) is 1.04. The van der Waals surface area contributed by atoms with Gasteiger partial charge in [-0.05, 0) is 26.7 Å². The molecule has 0 saturated carbocycles. The summed E-state index contributed by atoms with van der Waals surface area (Å²) in [5.41, 5.74) is 0.983. The van der Waals surface area contributed by atoms with E-state index in [1.54, 1.807) is 6.08 Å². The number of aliphatic hydroxyl groups is 1. The van der Waals surface area contributed by atoms with Crippen molar-refractivity contribution in [2.24, 2.45) is 0 Å². The Balaban J connectivity index is 3.94. The fourth-order valence-electron chi connectivity index (χ4n) is 1.04. The van der Waals surface area contributed by atoms with Crippen LogP contribution in [0.5, 0.6) is 0 Å². The molecule has 0 aliphatic rings. The summed E-state index contributed by atoms with van der Waals surface area (Å²) in [6.07, 6.45) is 3.04. The van der Waals surface area contributed by atoms with Crippen LogP contribution in [-0.4, -0.2) is 23.7 Å². The Bertz CT molecular complexity index is 183. The molecule has 3 heteroatoms. The van der Waals surface area contributed by atoms with Gasteiger partial charge >= 0.3 is 0 Å². The molecule has 2 N–H and O–H groups in total. The smallest absolute Gasteiger partial charge is 0.244 e. The van der Waals surface area contributed by atoms with Crippen molar-refractivity contribution in [1.82, 2.24) is 5.32 Å². The van der Waals surface area contributed by atoms with Gasteiger partial charge in [0.05, 0.1) is 0 Å². The summed E-state index contributed by atoms with van der Waals surface area (Å²) in [7, 11) is 0. The van der Waals surface area contributed by atoms with E-state index < -0.39 is 0 Å². The first-order valence-electron chi connectivity index (χ1n) is 4.66. The maximum atomic E-state index is 11.2. The van der Waals surface area contributed by atoms with E-state index in [0.29, 0.717) is 6.42 Å². The largest absolute Gasteiger partial charge is 0.396 e. The molecule has 1 amide bonds. The minimum atomic E-state index is -0.0692. The highest BCUT2D eigenvalue weighted by Gasteiger charge is 2.06. The number of allylic oxidation sites excluding steroid dienone is 1. The van der Waals surface area contributed by atoms with E-state index in [2.05, 4.69) is 5.32 Å². The molecule has 0 spiro atoms. The van der Waals surface area contributed by atoms with Crippen LogP contribution in [0.3, 0.4) is 0 Å². The molecule has 1 atom stereocenters. The molecule has 3 nitrogen and oxygen atoms in total. The predicted molar refractivity (Wildman–Crippen MR) is 53.4 cm³/mol. The average Bonchev–Trinajstić information content (AvgIpc) is 2.02. The quantitative estimate of drug-likeness (QED) is 0.633. The number of carbonyl (C=O) groups is 1. The summed E-state index contributed by atoms with van der Waals surface area (Å²) in [4.78, 5) is 11.2. The van der Waals surface area contributed by atoms with Crippen molar-refractivity contribution in [3.63, 3.8) is 0 Å². The van der Waals surface area contributed by atoms with E-state index in [9.17, 15) is 4.79 Å². The van der Waals surface area contributed by atoms with Gasteiger partial charge in [0, 0.05) is 18.7 Å². The van der Waals surface area contributed by atoms with Gasteiger partial charge in [0.1, 0.15) is 0 Å². The Labute approximate surface area is 79.8 Å². The zero-order valence-electron chi connectivity index (χ0n) is 8.63. The number of rotatable bonds is 5. The van der Waals surface area contributed by atoms with Gasteiger partial charge in [-0.25, -0.2) is 0 Å². The maximum absolute atomic E-state index is 11.2. The van der Waals surface area contributed by atoms with Crippen molar-refractivity contribution in [2.75, 3.05) is 6.61 Å². The standard InChI is InChI=1S/C10H19NO2/c1-4-9(5-6-12)11-10(13)7-8(2)3/h7,9,12H,4-6H2,1-3H3,(H,11,13). The van der Waals surface area contributed by atoms with Crippen LogP contribution in [0.15, 0.2) is 11.6 Å². The molecule has 0 aliphatic heterocycles. The minimum absolute atomic E-state index is 0.0692. The molecule has 0 aromatic carbocycles. The lowest BCUT2D eigenvalue weighted by Gasteiger charge is -2.14. The van der Waals surface area contributed by atoms with Gasteiger partial charge in [-0.2, -0.15) is 0 Å². The number of amides is 1. The Morgan fingerprint density at radius 2 is 2.15 bits per heavy atom. The first kappa shape index (κ1) is 12.2. The first-order chi connectivity index (χ1) is 6.10. The van der Waals surface area contributed by atoms with E-state index in [-0.39, 0.29) is 18.6 Å². The van der Waals surface area contributed by atoms with E-state index >= 15 is 0 Å². The van der Waals surface area contributed by atoms with Gasteiger partial charge in [0.2, 0.25) is 5.91 Å². The van der Waals surface area contributed by atoms with Crippen LogP contribution in [-0.2, 0) is 4.79 Å². The maximum Gasteiger partial charge on any atom is 0.244 e. The molecule has 1 unspecified atom stereocenters. The van der Waals surface area contributed by atoms with Crippen LogP contribution in [0, 0.1) is 0 Å². The second kappa shape index (κ2) is 6.66. The third-order valence-corrected chi connectivity index (χ3v) is 1.74. The van der Waals surface area contributed by atoms with E-state index in [1.165, 1.54) is 0 Å². The van der Waals surface area contributed by atoms with Gasteiger partial charge in [-0.1, -0.05) is 12.5 Å². The number of carbonyl (C=O) groups excluding carboxylic acids is 1. The summed E-state index contributed by atoms with van der Waals surface area (Å²) in [6.45, 7) is 5.87. The molecule has 0 aromatic rings. The molecule has 0 aromatic heterocycles. The molecule has 0 rings (SSSR count).